The van der Waals surface area contributed by atoms with Crippen molar-refractivity contribution in [1.82, 2.24) is 0 Å². The number of benzene rings is 2. The average molecular weight is 320 g/mol. The van der Waals surface area contributed by atoms with Crippen LogP contribution in [0, 0.1) is 24.1 Å². The highest BCUT2D eigenvalue weighted by Crippen LogP contribution is 2.26. The number of ether oxygens (including phenoxy) is 1. The van der Waals surface area contributed by atoms with Crippen LogP contribution in [-0.4, -0.2) is 0 Å². The molecule has 0 atom stereocenters. The standard InChI is InChI=1S/C15H11BrFNO/c1-10-2-3-15(14(16)4-10)19-9-12-5-11(8-18)6-13(17)7-12/h2-7H,9H2,1H3. The number of halogens is 2. The lowest BCUT2D eigenvalue weighted by molar-refractivity contribution is 0.303. The highest BCUT2D eigenvalue weighted by Gasteiger charge is 2.04. The molecule has 0 aliphatic carbocycles. The van der Waals surface area contributed by atoms with Crippen LogP contribution in [0.1, 0.15) is 16.7 Å². The van der Waals surface area contributed by atoms with Gasteiger partial charge in [-0.2, -0.15) is 5.26 Å². The number of aryl methyl sites for hydroxylation is 1. The number of hydrogen-bond acceptors (Lipinski definition) is 2. The third-order valence-corrected chi connectivity index (χ3v) is 3.19. The minimum absolute atomic E-state index is 0.216. The van der Waals surface area contributed by atoms with Crippen LogP contribution in [0.2, 0.25) is 0 Å². The zero-order valence-electron chi connectivity index (χ0n) is 10.3. The van der Waals surface area contributed by atoms with Gasteiger partial charge in [0.1, 0.15) is 18.2 Å². The monoisotopic (exact) mass is 319 g/mol. The Hall–Kier alpha value is -1.86. The molecule has 0 saturated carbocycles. The number of nitrogens with zero attached hydrogens (tertiary/aromatic N) is 1. The summed E-state index contributed by atoms with van der Waals surface area (Å²) in [5, 5.41) is 8.78. The molecule has 0 amide bonds. The molecule has 2 rings (SSSR count). The molecule has 2 aromatic rings. The van der Waals surface area contributed by atoms with E-state index in [1.807, 2.05) is 31.2 Å². The first-order chi connectivity index (χ1) is 9.08. The predicted molar refractivity (Wildman–Crippen MR) is 74.3 cm³/mol. The molecule has 19 heavy (non-hydrogen) atoms. The third-order valence-electron chi connectivity index (χ3n) is 2.57. The molecule has 0 saturated heterocycles. The van der Waals surface area contributed by atoms with Gasteiger partial charge in [0, 0.05) is 0 Å². The van der Waals surface area contributed by atoms with Crippen LogP contribution >= 0.6 is 15.9 Å². The van der Waals surface area contributed by atoms with Crippen molar-refractivity contribution >= 4 is 15.9 Å². The first kappa shape index (κ1) is 13.6. The summed E-state index contributed by atoms with van der Waals surface area (Å²) in [6, 6.07) is 11.8. The first-order valence-electron chi connectivity index (χ1n) is 5.67. The van der Waals surface area contributed by atoms with E-state index in [1.165, 1.54) is 12.1 Å². The van der Waals surface area contributed by atoms with Crippen molar-refractivity contribution in [3.8, 4) is 11.8 Å². The van der Waals surface area contributed by atoms with Gasteiger partial charge in [-0.05, 0) is 64.3 Å². The molecule has 0 spiro atoms. The van der Waals surface area contributed by atoms with E-state index in [9.17, 15) is 4.39 Å². The van der Waals surface area contributed by atoms with E-state index >= 15 is 0 Å². The van der Waals surface area contributed by atoms with E-state index < -0.39 is 5.82 Å². The zero-order chi connectivity index (χ0) is 13.8. The van der Waals surface area contributed by atoms with Crippen molar-refractivity contribution in [2.75, 3.05) is 0 Å². The summed E-state index contributed by atoms with van der Waals surface area (Å²) >= 11 is 3.41. The Morgan fingerprint density at radius 2 is 2.05 bits per heavy atom. The fraction of sp³-hybridized carbons (Fsp3) is 0.133. The molecule has 0 bridgehead atoms. The Labute approximate surface area is 119 Å². The summed E-state index contributed by atoms with van der Waals surface area (Å²) < 4.78 is 19.7. The Balaban J connectivity index is 2.14. The molecule has 0 unspecified atom stereocenters. The van der Waals surface area contributed by atoms with Gasteiger partial charge < -0.3 is 4.74 Å². The van der Waals surface area contributed by atoms with Crippen molar-refractivity contribution in [3.05, 3.63) is 63.4 Å². The van der Waals surface area contributed by atoms with E-state index in [1.54, 1.807) is 6.07 Å². The van der Waals surface area contributed by atoms with Crippen molar-refractivity contribution in [3.63, 3.8) is 0 Å². The minimum Gasteiger partial charge on any atom is -0.488 e. The number of nitriles is 1. The van der Waals surface area contributed by atoms with Gasteiger partial charge in [-0.1, -0.05) is 6.07 Å². The minimum atomic E-state index is -0.430. The molecular formula is C15H11BrFNO. The zero-order valence-corrected chi connectivity index (χ0v) is 11.9. The van der Waals surface area contributed by atoms with Gasteiger partial charge in [-0.25, -0.2) is 4.39 Å². The molecule has 0 N–H and O–H groups in total. The van der Waals surface area contributed by atoms with Crippen molar-refractivity contribution in [2.45, 2.75) is 13.5 Å². The predicted octanol–water partition coefficient (Wildman–Crippen LogP) is 4.35. The van der Waals surface area contributed by atoms with Gasteiger partial charge in [0.25, 0.3) is 0 Å². The molecule has 0 radical (unpaired) electrons. The van der Waals surface area contributed by atoms with E-state index in [2.05, 4.69) is 15.9 Å². The molecule has 0 aliphatic rings. The van der Waals surface area contributed by atoms with Crippen LogP contribution in [0.4, 0.5) is 4.39 Å². The van der Waals surface area contributed by atoms with Crippen LogP contribution in [-0.2, 0) is 6.61 Å². The molecular weight excluding hydrogens is 309 g/mol. The van der Waals surface area contributed by atoms with E-state index in [4.69, 9.17) is 10.00 Å². The summed E-state index contributed by atoms with van der Waals surface area (Å²) in [4.78, 5) is 0. The van der Waals surface area contributed by atoms with Crippen molar-refractivity contribution in [1.29, 1.82) is 5.26 Å². The topological polar surface area (TPSA) is 33.0 Å². The quantitative estimate of drug-likeness (QED) is 0.842. The highest BCUT2D eigenvalue weighted by atomic mass is 79.9. The fourth-order valence-corrected chi connectivity index (χ4v) is 2.29. The van der Waals surface area contributed by atoms with Gasteiger partial charge in [-0.15, -0.1) is 0 Å². The molecule has 0 heterocycles. The Morgan fingerprint density at radius 3 is 2.74 bits per heavy atom. The van der Waals surface area contributed by atoms with E-state index in [0.29, 0.717) is 16.9 Å². The first-order valence-corrected chi connectivity index (χ1v) is 6.46. The van der Waals surface area contributed by atoms with E-state index in [0.717, 1.165) is 10.0 Å². The largest absolute Gasteiger partial charge is 0.488 e. The second-order valence-corrected chi connectivity index (χ2v) is 5.04. The maximum Gasteiger partial charge on any atom is 0.134 e. The second kappa shape index (κ2) is 5.85. The molecule has 96 valence electrons. The maximum absolute atomic E-state index is 13.3. The van der Waals surface area contributed by atoms with Gasteiger partial charge in [0.05, 0.1) is 16.1 Å². The summed E-state index contributed by atoms with van der Waals surface area (Å²) in [5.41, 5.74) is 2.04. The van der Waals surface area contributed by atoms with Crippen LogP contribution in [0.25, 0.3) is 0 Å². The number of hydrogen-bond donors (Lipinski definition) is 0. The summed E-state index contributed by atoms with van der Waals surface area (Å²) in [7, 11) is 0. The lowest BCUT2D eigenvalue weighted by Gasteiger charge is -2.09. The third kappa shape index (κ3) is 3.55. The molecule has 0 aliphatic heterocycles. The van der Waals surface area contributed by atoms with Gasteiger partial charge in [0.15, 0.2) is 0 Å². The van der Waals surface area contributed by atoms with Gasteiger partial charge >= 0.3 is 0 Å². The Kier molecular flexibility index (Phi) is 4.18. The lowest BCUT2D eigenvalue weighted by Crippen LogP contribution is -1.97. The summed E-state index contributed by atoms with van der Waals surface area (Å²) in [6.45, 7) is 2.20. The van der Waals surface area contributed by atoms with Crippen LogP contribution in [0.5, 0.6) is 5.75 Å². The van der Waals surface area contributed by atoms with Crippen molar-refractivity contribution < 1.29 is 9.13 Å². The smallest absolute Gasteiger partial charge is 0.134 e. The Morgan fingerprint density at radius 1 is 1.26 bits per heavy atom. The molecule has 4 heteroatoms. The second-order valence-electron chi connectivity index (χ2n) is 4.18. The summed E-state index contributed by atoms with van der Waals surface area (Å²) in [6.07, 6.45) is 0. The molecule has 0 aromatic heterocycles. The van der Waals surface area contributed by atoms with Gasteiger partial charge in [-0.3, -0.25) is 0 Å². The van der Waals surface area contributed by atoms with Crippen LogP contribution < -0.4 is 4.74 Å². The highest BCUT2D eigenvalue weighted by molar-refractivity contribution is 9.10. The fourth-order valence-electron chi connectivity index (χ4n) is 1.68. The maximum atomic E-state index is 13.3. The van der Waals surface area contributed by atoms with Gasteiger partial charge in [0.2, 0.25) is 0 Å². The van der Waals surface area contributed by atoms with Crippen LogP contribution in [0.3, 0.4) is 0 Å². The molecule has 0 fully saturated rings. The van der Waals surface area contributed by atoms with Crippen molar-refractivity contribution in [2.24, 2.45) is 0 Å². The van der Waals surface area contributed by atoms with E-state index in [-0.39, 0.29) is 6.61 Å². The summed E-state index contributed by atoms with van der Waals surface area (Å²) in [5.74, 6) is 0.258. The normalized spacial score (nSPS) is 10.0. The number of rotatable bonds is 3. The Bertz CT molecular complexity index is 649. The molecule has 2 nitrogen and oxygen atoms in total. The average Bonchev–Trinajstić information content (AvgIpc) is 2.37. The SMILES string of the molecule is Cc1ccc(OCc2cc(F)cc(C#N)c2)c(Br)c1. The molecule has 2 aromatic carbocycles. The lowest BCUT2D eigenvalue weighted by atomic mass is 10.1. The van der Waals surface area contributed by atoms with Crippen LogP contribution in [0.15, 0.2) is 40.9 Å².